The molecule has 1 heterocycles. The maximum absolute atomic E-state index is 12.8. The highest BCUT2D eigenvalue weighted by Gasteiger charge is 2.29. The Balaban J connectivity index is 1.43. The number of likely N-dealkylation sites (tertiary alicyclic amines) is 1. The van der Waals surface area contributed by atoms with E-state index in [1.54, 1.807) is 0 Å². The molecule has 1 aliphatic heterocycles. The van der Waals surface area contributed by atoms with Gasteiger partial charge in [-0.3, -0.25) is 9.59 Å². The van der Waals surface area contributed by atoms with E-state index in [-0.39, 0.29) is 23.8 Å². The number of piperidine rings is 1. The summed E-state index contributed by atoms with van der Waals surface area (Å²) in [6, 6.07) is 8.17. The minimum absolute atomic E-state index is 0.0231. The van der Waals surface area contributed by atoms with Crippen LogP contribution in [0, 0.1) is 5.92 Å². The first-order chi connectivity index (χ1) is 13.9. The summed E-state index contributed by atoms with van der Waals surface area (Å²) >= 11 is 0. The number of nitrogens with one attached hydrogen (secondary N) is 1. The summed E-state index contributed by atoms with van der Waals surface area (Å²) in [6.07, 6.45) is 6.78. The summed E-state index contributed by atoms with van der Waals surface area (Å²) in [5.74, 6) is 1.64. The van der Waals surface area contributed by atoms with E-state index in [4.69, 9.17) is 4.74 Å². The summed E-state index contributed by atoms with van der Waals surface area (Å²) in [7, 11) is 0. The highest BCUT2D eigenvalue weighted by atomic mass is 16.5. The van der Waals surface area contributed by atoms with Gasteiger partial charge in [0.05, 0.1) is 0 Å². The molecule has 0 spiro atoms. The summed E-state index contributed by atoms with van der Waals surface area (Å²) in [4.78, 5) is 27.1. The second kappa shape index (κ2) is 10.1. The molecular formula is C24H36N2O3. The first-order valence-corrected chi connectivity index (χ1v) is 11.3. The van der Waals surface area contributed by atoms with Crippen molar-refractivity contribution in [3.63, 3.8) is 0 Å². The van der Waals surface area contributed by atoms with E-state index >= 15 is 0 Å². The highest BCUT2D eigenvalue weighted by Crippen LogP contribution is 2.24. The average molecular weight is 401 g/mol. The van der Waals surface area contributed by atoms with Crippen molar-refractivity contribution < 1.29 is 14.3 Å². The average Bonchev–Trinajstić information content (AvgIpc) is 2.74. The van der Waals surface area contributed by atoms with Crippen LogP contribution in [0.15, 0.2) is 24.3 Å². The van der Waals surface area contributed by atoms with Gasteiger partial charge >= 0.3 is 0 Å². The SMILES string of the molecule is CC(Oc1ccc(C(C)C)cc1)C(=O)N1CCC(NC(=O)C2CCCCC2)CC1. The molecule has 29 heavy (non-hydrogen) atoms. The van der Waals surface area contributed by atoms with Crippen LogP contribution in [0.5, 0.6) is 5.75 Å². The van der Waals surface area contributed by atoms with Crippen molar-refractivity contribution in [1.29, 1.82) is 0 Å². The lowest BCUT2D eigenvalue weighted by Gasteiger charge is -2.34. The van der Waals surface area contributed by atoms with Gasteiger partial charge < -0.3 is 15.0 Å². The van der Waals surface area contributed by atoms with Gasteiger partial charge in [0.25, 0.3) is 5.91 Å². The number of benzene rings is 1. The third-order valence-electron chi connectivity index (χ3n) is 6.34. The Morgan fingerprint density at radius 2 is 1.59 bits per heavy atom. The molecule has 5 nitrogen and oxygen atoms in total. The topological polar surface area (TPSA) is 58.6 Å². The van der Waals surface area contributed by atoms with Crippen LogP contribution >= 0.6 is 0 Å². The maximum Gasteiger partial charge on any atom is 0.263 e. The lowest BCUT2D eigenvalue weighted by Crippen LogP contribution is -2.50. The third kappa shape index (κ3) is 5.97. The molecule has 3 rings (SSSR count). The summed E-state index contributed by atoms with van der Waals surface area (Å²) in [6.45, 7) is 7.48. The van der Waals surface area contributed by atoms with Crippen LogP contribution < -0.4 is 10.1 Å². The van der Waals surface area contributed by atoms with Crippen molar-refractivity contribution in [2.75, 3.05) is 13.1 Å². The van der Waals surface area contributed by atoms with E-state index in [1.165, 1.54) is 24.8 Å². The smallest absolute Gasteiger partial charge is 0.263 e. The number of rotatable bonds is 6. The van der Waals surface area contributed by atoms with Gasteiger partial charge in [-0.15, -0.1) is 0 Å². The van der Waals surface area contributed by atoms with Crippen molar-refractivity contribution in [1.82, 2.24) is 10.2 Å². The molecule has 0 bridgehead atoms. The molecule has 1 aliphatic carbocycles. The largest absolute Gasteiger partial charge is 0.481 e. The van der Waals surface area contributed by atoms with E-state index in [0.29, 0.717) is 19.0 Å². The van der Waals surface area contributed by atoms with E-state index in [9.17, 15) is 9.59 Å². The van der Waals surface area contributed by atoms with Crippen LogP contribution in [0.3, 0.4) is 0 Å². The van der Waals surface area contributed by atoms with Crippen LogP contribution in [0.25, 0.3) is 0 Å². The molecule has 2 fully saturated rings. The number of ether oxygens (including phenoxy) is 1. The number of amides is 2. The normalized spacial score (nSPS) is 19.8. The van der Waals surface area contributed by atoms with Gasteiger partial charge in [0.15, 0.2) is 6.10 Å². The fourth-order valence-electron chi connectivity index (χ4n) is 4.37. The zero-order valence-corrected chi connectivity index (χ0v) is 18.2. The van der Waals surface area contributed by atoms with E-state index < -0.39 is 6.10 Å². The quantitative estimate of drug-likeness (QED) is 0.776. The van der Waals surface area contributed by atoms with Gasteiger partial charge in [-0.2, -0.15) is 0 Å². The Kier molecular flexibility index (Phi) is 7.57. The van der Waals surface area contributed by atoms with E-state index in [2.05, 4.69) is 31.3 Å². The Hall–Kier alpha value is -2.04. The number of hydrogen-bond donors (Lipinski definition) is 1. The Morgan fingerprint density at radius 3 is 2.17 bits per heavy atom. The maximum atomic E-state index is 12.8. The van der Waals surface area contributed by atoms with Gasteiger partial charge in [-0.1, -0.05) is 45.2 Å². The third-order valence-corrected chi connectivity index (χ3v) is 6.34. The molecule has 2 amide bonds. The molecule has 1 unspecified atom stereocenters. The minimum atomic E-state index is -0.506. The van der Waals surface area contributed by atoms with Gasteiger partial charge in [0.2, 0.25) is 5.91 Å². The van der Waals surface area contributed by atoms with Crippen molar-refractivity contribution in [3.05, 3.63) is 29.8 Å². The molecule has 0 aromatic heterocycles. The first kappa shape index (κ1) is 21.7. The fourth-order valence-corrected chi connectivity index (χ4v) is 4.37. The summed E-state index contributed by atoms with van der Waals surface area (Å²) < 4.78 is 5.87. The second-order valence-electron chi connectivity index (χ2n) is 8.93. The zero-order chi connectivity index (χ0) is 20.8. The van der Waals surface area contributed by atoms with Crippen molar-refractivity contribution in [2.45, 2.75) is 83.8 Å². The molecular weight excluding hydrogens is 364 g/mol. The Morgan fingerprint density at radius 1 is 0.966 bits per heavy atom. The first-order valence-electron chi connectivity index (χ1n) is 11.3. The molecule has 1 N–H and O–H groups in total. The van der Waals surface area contributed by atoms with Crippen LogP contribution in [-0.2, 0) is 9.59 Å². The van der Waals surface area contributed by atoms with Crippen LogP contribution in [0.4, 0.5) is 0 Å². The number of nitrogens with zero attached hydrogens (tertiary/aromatic N) is 1. The number of carbonyl (C=O) groups excluding carboxylic acids is 2. The van der Waals surface area contributed by atoms with Gasteiger partial charge in [0.1, 0.15) is 5.75 Å². The molecule has 1 aromatic carbocycles. The zero-order valence-electron chi connectivity index (χ0n) is 18.2. The molecule has 0 radical (unpaired) electrons. The fraction of sp³-hybridized carbons (Fsp3) is 0.667. The molecule has 1 saturated carbocycles. The van der Waals surface area contributed by atoms with Crippen LogP contribution in [-0.4, -0.2) is 41.9 Å². The molecule has 160 valence electrons. The molecule has 1 saturated heterocycles. The van der Waals surface area contributed by atoms with Crippen molar-refractivity contribution in [2.24, 2.45) is 5.92 Å². The van der Waals surface area contributed by atoms with Crippen molar-refractivity contribution in [3.8, 4) is 5.75 Å². The van der Waals surface area contributed by atoms with Crippen molar-refractivity contribution >= 4 is 11.8 Å². The summed E-state index contributed by atoms with van der Waals surface area (Å²) in [5.41, 5.74) is 1.26. The lowest BCUT2D eigenvalue weighted by atomic mass is 9.88. The lowest BCUT2D eigenvalue weighted by molar-refractivity contribution is -0.139. The highest BCUT2D eigenvalue weighted by molar-refractivity contribution is 5.81. The van der Waals surface area contributed by atoms with E-state index in [1.807, 2.05) is 24.0 Å². The van der Waals surface area contributed by atoms with Gasteiger partial charge in [-0.25, -0.2) is 0 Å². The van der Waals surface area contributed by atoms with Crippen LogP contribution in [0.2, 0.25) is 0 Å². The molecule has 1 atom stereocenters. The van der Waals surface area contributed by atoms with Gasteiger partial charge in [-0.05, 0) is 56.2 Å². The number of hydrogen-bond acceptors (Lipinski definition) is 3. The second-order valence-corrected chi connectivity index (χ2v) is 8.93. The van der Waals surface area contributed by atoms with Crippen LogP contribution in [0.1, 0.15) is 77.2 Å². The molecule has 5 heteroatoms. The molecule has 2 aliphatic rings. The van der Waals surface area contributed by atoms with E-state index in [0.717, 1.165) is 31.4 Å². The Labute approximate surface area is 175 Å². The predicted molar refractivity (Wildman–Crippen MR) is 115 cm³/mol. The van der Waals surface area contributed by atoms with Gasteiger partial charge in [0, 0.05) is 25.0 Å². The predicted octanol–water partition coefficient (Wildman–Crippen LogP) is 4.26. The monoisotopic (exact) mass is 400 g/mol. The minimum Gasteiger partial charge on any atom is -0.481 e. The summed E-state index contributed by atoms with van der Waals surface area (Å²) in [5, 5.41) is 3.22. The molecule has 1 aromatic rings. The number of carbonyl (C=O) groups is 2. The Bertz CT molecular complexity index is 672. The standard InChI is InChI=1S/C24H36N2O3/c1-17(2)19-9-11-22(12-10-19)29-18(3)24(28)26-15-13-21(14-16-26)25-23(27)20-7-5-4-6-8-20/h9-12,17-18,20-21H,4-8,13-16H2,1-3H3,(H,25,27).